The highest BCUT2D eigenvalue weighted by molar-refractivity contribution is 8.18. The molecule has 1 saturated heterocycles. The fraction of sp³-hybridized carbons (Fsp3) is 0.278. The van der Waals surface area contributed by atoms with Crippen LogP contribution in [0.5, 0.6) is 11.5 Å². The molecule has 1 aromatic carbocycles. The smallest absolute Gasteiger partial charge is 0.328 e. The number of rotatable bonds is 6. The third-order valence-electron chi connectivity index (χ3n) is 3.60. The van der Waals surface area contributed by atoms with Crippen molar-refractivity contribution in [1.29, 1.82) is 0 Å². The number of halogens is 1. The van der Waals surface area contributed by atoms with Gasteiger partial charge in [-0.05, 0) is 42.5 Å². The molecule has 0 N–H and O–H groups in total. The summed E-state index contributed by atoms with van der Waals surface area (Å²) in [5.41, 5.74) is 0.515. The monoisotopic (exact) mass is 409 g/mol. The molecule has 1 heterocycles. The molecule has 1 aliphatic heterocycles. The standard InChI is InChI=1S/C18H16ClNO6S/c1-5-6-26-15-12(19)7-11(8-13(15)24-3)9-14-16(21)20(18(23)27-14)10(2)17(22)25-4/h1,7-10H,6H2,2-4H3/b14-9+/t10-/m1/s1. The summed E-state index contributed by atoms with van der Waals surface area (Å²) in [6.45, 7) is 1.43. The molecule has 0 unspecified atom stereocenters. The molecule has 1 atom stereocenters. The van der Waals surface area contributed by atoms with Gasteiger partial charge in [0.05, 0.1) is 24.1 Å². The summed E-state index contributed by atoms with van der Waals surface area (Å²) in [5, 5.41) is -0.325. The number of terminal acetylenes is 1. The number of carbonyl (C=O) groups excluding carboxylic acids is 3. The van der Waals surface area contributed by atoms with Gasteiger partial charge in [-0.15, -0.1) is 6.42 Å². The molecule has 0 saturated carbocycles. The van der Waals surface area contributed by atoms with Crippen molar-refractivity contribution in [3.8, 4) is 23.8 Å². The van der Waals surface area contributed by atoms with Crippen LogP contribution in [0.25, 0.3) is 6.08 Å². The van der Waals surface area contributed by atoms with E-state index < -0.39 is 23.2 Å². The van der Waals surface area contributed by atoms with Crippen molar-refractivity contribution in [3.63, 3.8) is 0 Å². The highest BCUT2D eigenvalue weighted by atomic mass is 35.5. The first kappa shape index (κ1) is 20.7. The van der Waals surface area contributed by atoms with Crippen molar-refractivity contribution in [3.05, 3.63) is 27.6 Å². The quantitative estimate of drug-likeness (QED) is 0.406. The van der Waals surface area contributed by atoms with Gasteiger partial charge >= 0.3 is 5.97 Å². The lowest BCUT2D eigenvalue weighted by Gasteiger charge is -2.18. The van der Waals surface area contributed by atoms with Crippen LogP contribution >= 0.6 is 23.4 Å². The first-order chi connectivity index (χ1) is 12.8. The third kappa shape index (κ3) is 4.38. The zero-order valence-corrected chi connectivity index (χ0v) is 16.3. The first-order valence-electron chi connectivity index (χ1n) is 7.62. The van der Waals surface area contributed by atoms with Gasteiger partial charge in [0, 0.05) is 0 Å². The van der Waals surface area contributed by atoms with Crippen molar-refractivity contribution in [2.75, 3.05) is 20.8 Å². The van der Waals surface area contributed by atoms with E-state index in [1.165, 1.54) is 27.2 Å². The Balaban J connectivity index is 2.35. The van der Waals surface area contributed by atoms with Crippen molar-refractivity contribution in [1.82, 2.24) is 4.90 Å². The molecule has 9 heteroatoms. The van der Waals surface area contributed by atoms with Crippen molar-refractivity contribution in [2.24, 2.45) is 0 Å². The number of nitrogens with zero attached hydrogens (tertiary/aromatic N) is 1. The number of esters is 1. The Morgan fingerprint density at radius 3 is 2.70 bits per heavy atom. The number of ether oxygens (including phenoxy) is 3. The van der Waals surface area contributed by atoms with E-state index >= 15 is 0 Å². The molecule has 0 radical (unpaired) electrons. The number of carbonyl (C=O) groups is 3. The zero-order chi connectivity index (χ0) is 20.1. The van der Waals surface area contributed by atoms with E-state index in [0.29, 0.717) is 11.3 Å². The molecule has 27 heavy (non-hydrogen) atoms. The second-order valence-electron chi connectivity index (χ2n) is 5.28. The van der Waals surface area contributed by atoms with E-state index in [9.17, 15) is 14.4 Å². The Labute approximate surface area is 165 Å². The number of amides is 2. The number of benzene rings is 1. The van der Waals surface area contributed by atoms with Gasteiger partial charge in [-0.2, -0.15) is 0 Å². The molecule has 142 valence electrons. The van der Waals surface area contributed by atoms with Crippen LogP contribution in [0.15, 0.2) is 17.0 Å². The van der Waals surface area contributed by atoms with Gasteiger partial charge in [0.15, 0.2) is 11.5 Å². The molecule has 0 aromatic heterocycles. The fourth-order valence-corrected chi connectivity index (χ4v) is 3.50. The van der Waals surface area contributed by atoms with Gasteiger partial charge in [-0.1, -0.05) is 17.5 Å². The van der Waals surface area contributed by atoms with Crippen molar-refractivity contribution in [2.45, 2.75) is 13.0 Å². The van der Waals surface area contributed by atoms with Crippen LogP contribution in [0.4, 0.5) is 4.79 Å². The molecule has 0 aliphatic carbocycles. The molecule has 1 aromatic rings. The molecule has 0 bridgehead atoms. The van der Waals surface area contributed by atoms with Crippen LogP contribution in [0.3, 0.4) is 0 Å². The molecule has 7 nitrogen and oxygen atoms in total. The highest BCUT2D eigenvalue weighted by Crippen LogP contribution is 2.39. The average Bonchev–Trinajstić information content (AvgIpc) is 2.92. The lowest BCUT2D eigenvalue weighted by molar-refractivity contribution is -0.148. The minimum atomic E-state index is -1.02. The van der Waals surface area contributed by atoms with Crippen LogP contribution in [-0.2, 0) is 14.3 Å². The number of methoxy groups -OCH3 is 2. The Morgan fingerprint density at radius 1 is 1.41 bits per heavy atom. The van der Waals surface area contributed by atoms with E-state index in [1.54, 1.807) is 12.1 Å². The second-order valence-corrected chi connectivity index (χ2v) is 6.68. The maximum atomic E-state index is 12.5. The van der Waals surface area contributed by atoms with E-state index in [1.807, 2.05) is 0 Å². The van der Waals surface area contributed by atoms with Gasteiger partial charge in [-0.3, -0.25) is 14.5 Å². The Bertz CT molecular complexity index is 860. The van der Waals surface area contributed by atoms with E-state index in [0.717, 1.165) is 16.7 Å². The summed E-state index contributed by atoms with van der Waals surface area (Å²) in [5.74, 6) is 1.66. The van der Waals surface area contributed by atoms with E-state index in [4.69, 9.17) is 27.5 Å². The second kappa shape index (κ2) is 8.84. The van der Waals surface area contributed by atoms with Crippen LogP contribution in [0, 0.1) is 12.3 Å². The molecular formula is C18H16ClNO6S. The summed E-state index contributed by atoms with van der Waals surface area (Å²) in [6.07, 6.45) is 6.66. The average molecular weight is 410 g/mol. The first-order valence-corrected chi connectivity index (χ1v) is 8.82. The van der Waals surface area contributed by atoms with Gasteiger partial charge in [0.25, 0.3) is 11.1 Å². The SMILES string of the molecule is C#CCOc1c(Cl)cc(/C=C2/SC(=O)N([C@H](C)C(=O)OC)C2=O)cc1OC. The van der Waals surface area contributed by atoms with Crippen LogP contribution < -0.4 is 9.47 Å². The van der Waals surface area contributed by atoms with Crippen LogP contribution in [-0.4, -0.2) is 48.9 Å². The number of hydrogen-bond donors (Lipinski definition) is 0. The molecule has 2 rings (SSSR count). The Morgan fingerprint density at radius 2 is 2.11 bits per heavy atom. The summed E-state index contributed by atoms with van der Waals surface area (Å²) >= 11 is 6.93. The largest absolute Gasteiger partial charge is 0.493 e. The maximum Gasteiger partial charge on any atom is 0.328 e. The van der Waals surface area contributed by atoms with Gasteiger partial charge in [0.1, 0.15) is 12.6 Å². The predicted octanol–water partition coefficient (Wildman–Crippen LogP) is 2.96. The van der Waals surface area contributed by atoms with Crippen molar-refractivity contribution >= 4 is 46.6 Å². The Hall–Kier alpha value is -2.63. The summed E-state index contributed by atoms with van der Waals surface area (Å²) in [6, 6.07) is 2.12. The van der Waals surface area contributed by atoms with E-state index in [2.05, 4.69) is 10.7 Å². The number of thioether (sulfide) groups is 1. The maximum absolute atomic E-state index is 12.5. The van der Waals surface area contributed by atoms with Gasteiger partial charge < -0.3 is 14.2 Å². The summed E-state index contributed by atoms with van der Waals surface area (Å²) < 4.78 is 15.2. The summed E-state index contributed by atoms with van der Waals surface area (Å²) in [4.78, 5) is 37.3. The van der Waals surface area contributed by atoms with Crippen molar-refractivity contribution < 1.29 is 28.6 Å². The molecule has 2 amide bonds. The number of imide groups is 1. The normalized spacial score (nSPS) is 16.3. The van der Waals surface area contributed by atoms with E-state index in [-0.39, 0.29) is 22.3 Å². The van der Waals surface area contributed by atoms with Gasteiger partial charge in [0.2, 0.25) is 0 Å². The van der Waals surface area contributed by atoms with Crippen LogP contribution in [0.1, 0.15) is 12.5 Å². The number of hydrogen-bond acceptors (Lipinski definition) is 7. The minimum absolute atomic E-state index is 0.0136. The predicted molar refractivity (Wildman–Crippen MR) is 102 cm³/mol. The van der Waals surface area contributed by atoms with Gasteiger partial charge in [-0.25, -0.2) is 4.79 Å². The van der Waals surface area contributed by atoms with Crippen LogP contribution in [0.2, 0.25) is 5.02 Å². The highest BCUT2D eigenvalue weighted by Gasteiger charge is 2.41. The lowest BCUT2D eigenvalue weighted by Crippen LogP contribution is -2.42. The minimum Gasteiger partial charge on any atom is -0.493 e. The fourth-order valence-electron chi connectivity index (χ4n) is 2.32. The topological polar surface area (TPSA) is 82.1 Å². The third-order valence-corrected chi connectivity index (χ3v) is 4.77. The molecule has 0 spiro atoms. The Kier molecular flexibility index (Phi) is 6.77. The molecule has 1 aliphatic rings. The molecule has 1 fully saturated rings. The lowest BCUT2D eigenvalue weighted by atomic mass is 10.1. The zero-order valence-electron chi connectivity index (χ0n) is 14.8. The summed E-state index contributed by atoms with van der Waals surface area (Å²) in [7, 11) is 2.62. The molecular weight excluding hydrogens is 394 g/mol.